The van der Waals surface area contributed by atoms with Gasteiger partial charge in [-0.05, 0) is 68.1 Å². The van der Waals surface area contributed by atoms with Crippen molar-refractivity contribution < 1.29 is 22.8 Å². The maximum atomic E-state index is 14.4. The Labute approximate surface area is 267 Å². The van der Waals surface area contributed by atoms with Crippen molar-refractivity contribution in [3.8, 4) is 11.4 Å². The number of fused-ring (bicyclic) bond motifs is 3. The number of carbonyl (C=O) groups is 2. The van der Waals surface area contributed by atoms with Crippen LogP contribution in [-0.2, 0) is 24.4 Å². The van der Waals surface area contributed by atoms with Gasteiger partial charge in [0, 0.05) is 53.2 Å². The van der Waals surface area contributed by atoms with Crippen LogP contribution in [0.25, 0.3) is 11.4 Å². The van der Waals surface area contributed by atoms with Crippen LogP contribution in [0.1, 0.15) is 60.1 Å². The zero-order valence-electron chi connectivity index (χ0n) is 24.8. The van der Waals surface area contributed by atoms with E-state index in [1.165, 1.54) is 18.6 Å². The standard InChI is InChI=1S/C33H32BrF3N6O2/c1-19-14-25-28(18-41(19)31(44)22-8-11-27(34)26(16-22)33(35,36)37)43-30(23(17-39-43)15-20-4-3-5-20)42(32(25)45)24-9-6-21(7-10-24)29-38-12-13-40(29)2/h6-13,16-17,19-20,25,28H,3-5,14-15,18H2,1-2H3/t19-,25?,28?/m1/s1. The Hall–Kier alpha value is -3.93. The molecule has 45 heavy (non-hydrogen) atoms. The molecule has 2 aromatic heterocycles. The lowest BCUT2D eigenvalue weighted by molar-refractivity contribution is -0.138. The van der Waals surface area contributed by atoms with Crippen molar-refractivity contribution in [2.75, 3.05) is 11.4 Å². The molecule has 2 aromatic carbocycles. The van der Waals surface area contributed by atoms with Crippen LogP contribution in [0.2, 0.25) is 0 Å². The van der Waals surface area contributed by atoms with Gasteiger partial charge in [-0.15, -0.1) is 0 Å². The minimum atomic E-state index is -4.61. The van der Waals surface area contributed by atoms with E-state index in [2.05, 4.69) is 20.9 Å². The molecular weight excluding hydrogens is 649 g/mol. The van der Waals surface area contributed by atoms with E-state index < -0.39 is 29.6 Å². The first-order chi connectivity index (χ1) is 21.5. The van der Waals surface area contributed by atoms with Gasteiger partial charge in [0.25, 0.3) is 5.91 Å². The summed E-state index contributed by atoms with van der Waals surface area (Å²) in [4.78, 5) is 35.9. The summed E-state index contributed by atoms with van der Waals surface area (Å²) in [5, 5.41) is 4.80. The molecule has 1 aliphatic carbocycles. The number of aryl methyl sites for hydroxylation is 1. The zero-order chi connectivity index (χ0) is 31.6. The van der Waals surface area contributed by atoms with Crippen molar-refractivity contribution in [1.82, 2.24) is 24.2 Å². The van der Waals surface area contributed by atoms with Gasteiger partial charge in [-0.2, -0.15) is 18.3 Å². The van der Waals surface area contributed by atoms with Gasteiger partial charge in [0.15, 0.2) is 0 Å². The monoisotopic (exact) mass is 680 g/mol. The smallest absolute Gasteiger partial charge is 0.334 e. The number of benzene rings is 2. The van der Waals surface area contributed by atoms with Gasteiger partial charge in [-0.3, -0.25) is 14.5 Å². The van der Waals surface area contributed by atoms with E-state index in [9.17, 15) is 22.8 Å². The first-order valence-corrected chi connectivity index (χ1v) is 16.0. The highest BCUT2D eigenvalue weighted by atomic mass is 79.9. The van der Waals surface area contributed by atoms with Gasteiger partial charge in [0.1, 0.15) is 11.6 Å². The third kappa shape index (κ3) is 5.16. The fourth-order valence-electron chi connectivity index (χ4n) is 6.95. The molecule has 12 heteroatoms. The summed E-state index contributed by atoms with van der Waals surface area (Å²) < 4.78 is 44.6. The summed E-state index contributed by atoms with van der Waals surface area (Å²) in [6.07, 6.45) is 5.48. The Balaban J connectivity index is 1.25. The Morgan fingerprint density at radius 3 is 2.51 bits per heavy atom. The molecule has 0 bridgehead atoms. The Morgan fingerprint density at radius 1 is 1.11 bits per heavy atom. The number of aromatic nitrogens is 4. The van der Waals surface area contributed by atoms with Gasteiger partial charge in [-0.1, -0.05) is 35.2 Å². The van der Waals surface area contributed by atoms with E-state index in [0.717, 1.165) is 48.0 Å². The molecule has 2 unspecified atom stereocenters. The molecule has 1 saturated heterocycles. The summed E-state index contributed by atoms with van der Waals surface area (Å²) in [5.41, 5.74) is 1.70. The largest absolute Gasteiger partial charge is 0.417 e. The minimum absolute atomic E-state index is 0.0428. The van der Waals surface area contributed by atoms with Gasteiger partial charge >= 0.3 is 6.18 Å². The number of hydrogen-bond donors (Lipinski definition) is 0. The quantitative estimate of drug-likeness (QED) is 0.224. The summed E-state index contributed by atoms with van der Waals surface area (Å²) in [7, 11) is 1.93. The predicted molar refractivity (Wildman–Crippen MR) is 166 cm³/mol. The third-order valence-electron chi connectivity index (χ3n) is 9.60. The number of nitrogens with zero attached hydrogens (tertiary/aromatic N) is 6. The second-order valence-corrected chi connectivity index (χ2v) is 13.3. The Morgan fingerprint density at radius 2 is 1.87 bits per heavy atom. The molecule has 2 amide bonds. The summed E-state index contributed by atoms with van der Waals surface area (Å²) in [5.74, 6) is 1.04. The molecule has 3 aliphatic rings. The van der Waals surface area contributed by atoms with Crippen LogP contribution >= 0.6 is 15.9 Å². The lowest BCUT2D eigenvalue weighted by atomic mass is 9.80. The topological polar surface area (TPSA) is 76.3 Å². The van der Waals surface area contributed by atoms with E-state index in [1.807, 2.05) is 59.9 Å². The highest BCUT2D eigenvalue weighted by Crippen LogP contribution is 2.46. The van der Waals surface area contributed by atoms with E-state index in [4.69, 9.17) is 5.10 Å². The van der Waals surface area contributed by atoms with Gasteiger partial charge in [0.05, 0.1) is 29.4 Å². The first-order valence-electron chi connectivity index (χ1n) is 15.2. The number of piperidine rings is 1. The van der Waals surface area contributed by atoms with E-state index in [1.54, 1.807) is 16.0 Å². The predicted octanol–water partition coefficient (Wildman–Crippen LogP) is 7.18. The molecule has 4 heterocycles. The van der Waals surface area contributed by atoms with Crippen LogP contribution in [0.4, 0.5) is 24.7 Å². The first kappa shape index (κ1) is 29.8. The number of halogens is 4. The van der Waals surface area contributed by atoms with Crippen LogP contribution < -0.4 is 4.90 Å². The fraction of sp³-hybridized carbons (Fsp3) is 0.394. The molecule has 7 rings (SSSR count). The number of alkyl halides is 3. The fourth-order valence-corrected chi connectivity index (χ4v) is 7.42. The molecule has 0 N–H and O–H groups in total. The van der Waals surface area contributed by atoms with Crippen molar-refractivity contribution >= 4 is 39.2 Å². The molecule has 1 saturated carbocycles. The van der Waals surface area contributed by atoms with Crippen molar-refractivity contribution in [2.45, 2.75) is 57.3 Å². The minimum Gasteiger partial charge on any atom is -0.334 e. The molecule has 3 atom stereocenters. The molecule has 234 valence electrons. The molecule has 2 aliphatic heterocycles. The zero-order valence-corrected chi connectivity index (χ0v) is 26.4. The highest BCUT2D eigenvalue weighted by molar-refractivity contribution is 9.10. The summed E-state index contributed by atoms with van der Waals surface area (Å²) in [6, 6.07) is 10.5. The maximum absolute atomic E-state index is 14.4. The number of likely N-dealkylation sites (tertiary alicyclic amines) is 1. The maximum Gasteiger partial charge on any atom is 0.417 e. The summed E-state index contributed by atoms with van der Waals surface area (Å²) in [6.45, 7) is 2.01. The number of carbonyl (C=O) groups excluding carboxylic acids is 2. The number of imidazole rings is 1. The summed E-state index contributed by atoms with van der Waals surface area (Å²) >= 11 is 2.96. The van der Waals surface area contributed by atoms with Crippen molar-refractivity contribution in [3.63, 3.8) is 0 Å². The van der Waals surface area contributed by atoms with Crippen LogP contribution in [0, 0.1) is 11.8 Å². The molecule has 0 radical (unpaired) electrons. The van der Waals surface area contributed by atoms with Gasteiger partial charge in [0.2, 0.25) is 5.91 Å². The second-order valence-electron chi connectivity index (χ2n) is 12.4. The van der Waals surface area contributed by atoms with Gasteiger partial charge < -0.3 is 9.47 Å². The lowest BCUT2D eigenvalue weighted by Gasteiger charge is -2.47. The van der Waals surface area contributed by atoms with Crippen molar-refractivity contribution in [3.05, 3.63) is 82.2 Å². The van der Waals surface area contributed by atoms with E-state index in [-0.39, 0.29) is 28.5 Å². The van der Waals surface area contributed by atoms with Crippen LogP contribution in [0.3, 0.4) is 0 Å². The molecular formula is C33H32BrF3N6O2. The normalized spacial score (nSPS) is 21.8. The number of hydrogen-bond acceptors (Lipinski definition) is 4. The van der Waals surface area contributed by atoms with Crippen LogP contribution in [0.15, 0.2) is 65.5 Å². The third-order valence-corrected chi connectivity index (χ3v) is 10.3. The Kier molecular flexibility index (Phi) is 7.37. The Bertz CT molecular complexity index is 1780. The average Bonchev–Trinajstić information content (AvgIpc) is 3.61. The van der Waals surface area contributed by atoms with Crippen LogP contribution in [-0.4, -0.2) is 48.6 Å². The SMILES string of the molecule is C[C@@H]1CC2C(=O)N(c3ccc(-c4nccn4C)cc3)c3c(CC4CCC4)cnn3C2CN1C(=O)c1ccc(Br)c(C(F)(F)F)c1. The molecule has 4 aromatic rings. The van der Waals surface area contributed by atoms with E-state index in [0.29, 0.717) is 18.2 Å². The molecule has 2 fully saturated rings. The highest BCUT2D eigenvalue weighted by Gasteiger charge is 2.49. The lowest BCUT2D eigenvalue weighted by Crippen LogP contribution is -2.56. The number of anilines is 2. The molecule has 0 spiro atoms. The average molecular weight is 682 g/mol. The number of rotatable bonds is 5. The van der Waals surface area contributed by atoms with Gasteiger partial charge in [-0.25, -0.2) is 9.67 Å². The van der Waals surface area contributed by atoms with E-state index >= 15 is 0 Å². The molecule has 8 nitrogen and oxygen atoms in total. The number of amides is 2. The second kappa shape index (κ2) is 11.1. The van der Waals surface area contributed by atoms with Crippen molar-refractivity contribution in [1.29, 1.82) is 0 Å². The van der Waals surface area contributed by atoms with Crippen LogP contribution in [0.5, 0.6) is 0 Å². The van der Waals surface area contributed by atoms with Crippen molar-refractivity contribution in [2.24, 2.45) is 18.9 Å².